The molecule has 0 saturated carbocycles. The molecule has 3 aromatic rings. The number of fused-ring (bicyclic) bond motifs is 1. The molecule has 1 amide bonds. The average Bonchev–Trinajstić information content (AvgIpc) is 3.05. The molecule has 0 bridgehead atoms. The molecule has 0 radical (unpaired) electrons. The van der Waals surface area contributed by atoms with E-state index in [0.717, 1.165) is 27.2 Å². The number of halogens is 1. The molecule has 3 rings (SSSR count). The number of nitrogens with zero attached hydrogens (tertiary/aromatic N) is 2. The van der Waals surface area contributed by atoms with Gasteiger partial charge in [-0.15, -0.1) is 11.3 Å². The number of nitrogens with one attached hydrogen (secondary N) is 1. The summed E-state index contributed by atoms with van der Waals surface area (Å²) in [4.78, 5) is 23.2. The van der Waals surface area contributed by atoms with Crippen molar-refractivity contribution in [2.75, 3.05) is 0 Å². The van der Waals surface area contributed by atoms with Gasteiger partial charge in [0.2, 0.25) is 5.91 Å². The van der Waals surface area contributed by atoms with Crippen LogP contribution in [0.3, 0.4) is 0 Å². The Morgan fingerprint density at radius 3 is 2.80 bits per heavy atom. The molecule has 0 spiro atoms. The van der Waals surface area contributed by atoms with Gasteiger partial charge in [-0.2, -0.15) is 0 Å². The van der Waals surface area contributed by atoms with Gasteiger partial charge in [0.05, 0.1) is 5.25 Å². The van der Waals surface area contributed by atoms with Crippen LogP contribution in [0.2, 0.25) is 0 Å². The van der Waals surface area contributed by atoms with E-state index in [1.807, 2.05) is 6.92 Å². The molecule has 1 unspecified atom stereocenters. The van der Waals surface area contributed by atoms with E-state index in [0.29, 0.717) is 6.54 Å². The van der Waals surface area contributed by atoms with Gasteiger partial charge in [0, 0.05) is 16.8 Å². The number of amides is 1. The number of rotatable bonds is 6. The Morgan fingerprint density at radius 2 is 2.08 bits per heavy atom. The van der Waals surface area contributed by atoms with Crippen molar-refractivity contribution < 1.29 is 9.18 Å². The van der Waals surface area contributed by atoms with Gasteiger partial charge in [-0.3, -0.25) is 4.79 Å². The number of thiophene rings is 1. The number of aromatic nitrogens is 2. The van der Waals surface area contributed by atoms with E-state index in [9.17, 15) is 9.18 Å². The van der Waals surface area contributed by atoms with Gasteiger partial charge in [0.1, 0.15) is 22.0 Å². The monoisotopic (exact) mass is 375 g/mol. The van der Waals surface area contributed by atoms with Crippen molar-refractivity contribution >= 4 is 39.2 Å². The number of carbonyl (C=O) groups is 1. The first-order valence-corrected chi connectivity index (χ1v) is 9.68. The maximum atomic E-state index is 12.9. The van der Waals surface area contributed by atoms with E-state index in [2.05, 4.69) is 28.3 Å². The molecule has 0 fully saturated rings. The first-order valence-electron chi connectivity index (χ1n) is 7.99. The maximum Gasteiger partial charge on any atom is 0.233 e. The van der Waals surface area contributed by atoms with Crippen LogP contribution in [0.4, 0.5) is 4.39 Å². The van der Waals surface area contributed by atoms with Crippen molar-refractivity contribution in [1.82, 2.24) is 15.3 Å². The van der Waals surface area contributed by atoms with E-state index in [1.165, 1.54) is 28.8 Å². The van der Waals surface area contributed by atoms with Crippen LogP contribution in [0.5, 0.6) is 0 Å². The summed E-state index contributed by atoms with van der Waals surface area (Å²) >= 11 is 3.09. The quantitative estimate of drug-likeness (QED) is 0.518. The zero-order valence-corrected chi connectivity index (χ0v) is 15.6. The fraction of sp³-hybridized carbons (Fsp3) is 0.278. The van der Waals surface area contributed by atoms with E-state index < -0.39 is 0 Å². The third kappa shape index (κ3) is 4.35. The van der Waals surface area contributed by atoms with E-state index in [-0.39, 0.29) is 17.0 Å². The van der Waals surface area contributed by atoms with Crippen LogP contribution in [0.25, 0.3) is 10.2 Å². The Bertz CT molecular complexity index is 880. The average molecular weight is 375 g/mol. The normalized spacial score (nSPS) is 12.3. The molecule has 1 N–H and O–H groups in total. The highest BCUT2D eigenvalue weighted by atomic mass is 32.2. The second-order valence-electron chi connectivity index (χ2n) is 5.57. The SMILES string of the molecule is CCc1cc2c(SC(C)C(=O)NCc3ccc(F)cc3)ncnc2s1. The Balaban J connectivity index is 1.65. The summed E-state index contributed by atoms with van der Waals surface area (Å²) < 4.78 is 12.9. The molecule has 0 saturated heterocycles. The second-order valence-corrected chi connectivity index (χ2v) is 8.01. The van der Waals surface area contributed by atoms with Gasteiger partial charge in [0.25, 0.3) is 0 Å². The maximum absolute atomic E-state index is 12.9. The van der Waals surface area contributed by atoms with Crippen LogP contribution in [0.15, 0.2) is 41.7 Å². The first kappa shape index (κ1) is 17.8. The molecule has 1 atom stereocenters. The van der Waals surface area contributed by atoms with Gasteiger partial charge < -0.3 is 5.32 Å². The number of benzene rings is 1. The van der Waals surface area contributed by atoms with Gasteiger partial charge in [-0.25, -0.2) is 14.4 Å². The highest BCUT2D eigenvalue weighted by molar-refractivity contribution is 8.00. The summed E-state index contributed by atoms with van der Waals surface area (Å²) in [6.45, 7) is 4.34. The zero-order valence-electron chi connectivity index (χ0n) is 14.0. The zero-order chi connectivity index (χ0) is 17.8. The molecule has 2 heterocycles. The van der Waals surface area contributed by atoms with E-state index >= 15 is 0 Å². The van der Waals surface area contributed by atoms with E-state index in [1.54, 1.807) is 29.8 Å². The third-order valence-corrected chi connectivity index (χ3v) is 6.03. The molecule has 0 aliphatic carbocycles. The number of carbonyl (C=O) groups excluding carboxylic acids is 1. The largest absolute Gasteiger partial charge is 0.351 e. The summed E-state index contributed by atoms with van der Waals surface area (Å²) in [5.74, 6) is -0.360. The number of hydrogen-bond acceptors (Lipinski definition) is 5. The van der Waals surface area contributed by atoms with Gasteiger partial charge >= 0.3 is 0 Å². The summed E-state index contributed by atoms with van der Waals surface area (Å²) in [6, 6.07) is 8.21. The Morgan fingerprint density at radius 1 is 1.32 bits per heavy atom. The fourth-order valence-electron chi connectivity index (χ4n) is 2.31. The van der Waals surface area contributed by atoms with Crippen molar-refractivity contribution in [3.63, 3.8) is 0 Å². The minimum Gasteiger partial charge on any atom is -0.351 e. The third-order valence-electron chi connectivity index (χ3n) is 3.73. The van der Waals surface area contributed by atoms with Gasteiger partial charge in [-0.05, 0) is 37.1 Å². The van der Waals surface area contributed by atoms with Crippen molar-refractivity contribution in [1.29, 1.82) is 0 Å². The lowest BCUT2D eigenvalue weighted by atomic mass is 10.2. The predicted octanol–water partition coefficient (Wildman–Crippen LogP) is 4.19. The lowest BCUT2D eigenvalue weighted by molar-refractivity contribution is -0.120. The molecule has 1 aromatic carbocycles. The summed E-state index contributed by atoms with van der Waals surface area (Å²) in [5, 5.41) is 4.42. The first-order chi connectivity index (χ1) is 12.1. The summed E-state index contributed by atoms with van der Waals surface area (Å²) in [6.07, 6.45) is 2.50. The van der Waals surface area contributed by atoms with Crippen molar-refractivity contribution in [2.24, 2.45) is 0 Å². The fourth-order valence-corrected chi connectivity index (χ4v) is 4.22. The number of aryl methyl sites for hydroxylation is 1. The van der Waals surface area contributed by atoms with Crippen LogP contribution in [0.1, 0.15) is 24.3 Å². The van der Waals surface area contributed by atoms with Gasteiger partial charge in [-0.1, -0.05) is 30.8 Å². The van der Waals surface area contributed by atoms with Crippen LogP contribution in [-0.4, -0.2) is 21.1 Å². The highest BCUT2D eigenvalue weighted by Gasteiger charge is 2.17. The van der Waals surface area contributed by atoms with Crippen molar-refractivity contribution in [3.8, 4) is 0 Å². The topological polar surface area (TPSA) is 54.9 Å². The lowest BCUT2D eigenvalue weighted by Gasteiger charge is -2.12. The van der Waals surface area contributed by atoms with Crippen LogP contribution in [0, 0.1) is 5.82 Å². The smallest absolute Gasteiger partial charge is 0.233 e. The molecule has 0 aliphatic rings. The Hall–Kier alpha value is -1.99. The molecule has 7 heteroatoms. The minimum atomic E-state index is -0.288. The Labute approximate surface area is 153 Å². The standard InChI is InChI=1S/C18H18FN3OS2/c1-3-14-8-15-17(21-10-22-18(15)25-14)24-11(2)16(23)20-9-12-4-6-13(19)7-5-12/h4-8,10-11H,3,9H2,1-2H3,(H,20,23). The highest BCUT2D eigenvalue weighted by Crippen LogP contribution is 2.32. The molecular weight excluding hydrogens is 357 g/mol. The molecule has 0 aliphatic heterocycles. The van der Waals surface area contributed by atoms with E-state index in [4.69, 9.17) is 0 Å². The minimum absolute atomic E-state index is 0.0768. The second kappa shape index (κ2) is 7.93. The lowest BCUT2D eigenvalue weighted by Crippen LogP contribution is -2.30. The van der Waals surface area contributed by atoms with Crippen LogP contribution < -0.4 is 5.32 Å². The molecule has 2 aromatic heterocycles. The Kier molecular flexibility index (Phi) is 5.65. The number of thioether (sulfide) groups is 1. The van der Waals surface area contributed by atoms with Crippen molar-refractivity contribution in [2.45, 2.75) is 37.1 Å². The number of hydrogen-bond donors (Lipinski definition) is 1. The predicted molar refractivity (Wildman–Crippen MR) is 100 cm³/mol. The summed E-state index contributed by atoms with van der Waals surface area (Å²) in [7, 11) is 0. The van der Waals surface area contributed by atoms with Crippen molar-refractivity contribution in [3.05, 3.63) is 52.9 Å². The van der Waals surface area contributed by atoms with Crippen LogP contribution in [-0.2, 0) is 17.8 Å². The summed E-state index contributed by atoms with van der Waals surface area (Å²) in [5.41, 5.74) is 0.863. The molecule has 25 heavy (non-hydrogen) atoms. The molecule has 130 valence electrons. The van der Waals surface area contributed by atoms with Gasteiger partial charge in [0.15, 0.2) is 0 Å². The molecule has 4 nitrogen and oxygen atoms in total. The van der Waals surface area contributed by atoms with Crippen LogP contribution >= 0.6 is 23.1 Å². The molecular formula is C18H18FN3OS2.